The summed E-state index contributed by atoms with van der Waals surface area (Å²) in [5, 5.41) is 7.11. The molecule has 1 aromatic carbocycles. The molecule has 0 aliphatic heterocycles. The van der Waals surface area contributed by atoms with E-state index in [2.05, 4.69) is 10.4 Å². The first-order valence-electron chi connectivity index (χ1n) is 6.32. The molecule has 0 aliphatic rings. The molecule has 1 N–H and O–H groups in total. The Labute approximate surface area is 126 Å². The first kappa shape index (κ1) is 15.5. The first-order valence-corrected chi connectivity index (χ1v) is 6.70. The maximum absolute atomic E-state index is 13.0. The second-order valence-corrected chi connectivity index (χ2v) is 4.75. The van der Waals surface area contributed by atoms with Gasteiger partial charge in [-0.1, -0.05) is 11.6 Å². The van der Waals surface area contributed by atoms with Gasteiger partial charge in [0.1, 0.15) is 11.0 Å². The van der Waals surface area contributed by atoms with Gasteiger partial charge in [-0.15, -0.1) is 0 Å². The highest BCUT2D eigenvalue weighted by Crippen LogP contribution is 2.23. The van der Waals surface area contributed by atoms with E-state index in [1.54, 1.807) is 26.2 Å². The molecule has 0 fully saturated rings. The number of rotatable bonds is 5. The topological polar surface area (TPSA) is 56.1 Å². The molecule has 0 radical (unpaired) electrons. The second kappa shape index (κ2) is 6.69. The van der Waals surface area contributed by atoms with Gasteiger partial charge in [0.25, 0.3) is 5.91 Å². The van der Waals surface area contributed by atoms with Crippen LogP contribution in [0.25, 0.3) is 5.69 Å². The predicted octanol–water partition coefficient (Wildman–Crippen LogP) is 2.35. The largest absolute Gasteiger partial charge is 0.383 e. The summed E-state index contributed by atoms with van der Waals surface area (Å²) in [5.74, 6) is -0.667. The molecule has 112 valence electrons. The van der Waals surface area contributed by atoms with Crippen molar-refractivity contribution >= 4 is 17.5 Å². The number of nitrogens with one attached hydrogen (secondary N) is 1. The van der Waals surface area contributed by atoms with E-state index in [1.807, 2.05) is 0 Å². The van der Waals surface area contributed by atoms with Gasteiger partial charge in [0.2, 0.25) is 0 Å². The zero-order chi connectivity index (χ0) is 15.4. The highest BCUT2D eigenvalue weighted by molar-refractivity contribution is 6.33. The van der Waals surface area contributed by atoms with Crippen LogP contribution < -0.4 is 5.32 Å². The van der Waals surface area contributed by atoms with Crippen LogP contribution >= 0.6 is 11.6 Å². The second-order valence-electron chi connectivity index (χ2n) is 4.39. The van der Waals surface area contributed by atoms with Gasteiger partial charge in [0.15, 0.2) is 0 Å². The van der Waals surface area contributed by atoms with Crippen LogP contribution in [0.4, 0.5) is 4.39 Å². The summed E-state index contributed by atoms with van der Waals surface area (Å²) < 4.78 is 19.2. The Balaban J connectivity index is 2.29. The van der Waals surface area contributed by atoms with Crippen LogP contribution in [0.3, 0.4) is 0 Å². The molecule has 0 bridgehead atoms. The van der Waals surface area contributed by atoms with Gasteiger partial charge in [0, 0.05) is 13.7 Å². The van der Waals surface area contributed by atoms with E-state index in [-0.39, 0.29) is 16.9 Å². The number of hydrogen-bond acceptors (Lipinski definition) is 3. The Bertz CT molecular complexity index is 640. The van der Waals surface area contributed by atoms with Gasteiger partial charge >= 0.3 is 0 Å². The standard InChI is InChI=1S/C14H15ClFN3O2/c1-9-12(14(20)17-7-8-21-2)13(15)19(18-9)11-5-3-10(16)4-6-11/h3-6H,7-8H2,1-2H3,(H,17,20). The monoisotopic (exact) mass is 311 g/mol. The minimum absolute atomic E-state index is 0.189. The zero-order valence-electron chi connectivity index (χ0n) is 11.7. The lowest BCUT2D eigenvalue weighted by Crippen LogP contribution is -2.27. The molecule has 0 saturated heterocycles. The number of methoxy groups -OCH3 is 1. The van der Waals surface area contributed by atoms with E-state index >= 15 is 0 Å². The molecular weight excluding hydrogens is 297 g/mol. The summed E-state index contributed by atoms with van der Waals surface area (Å²) in [4.78, 5) is 12.1. The van der Waals surface area contributed by atoms with Gasteiger partial charge in [-0.3, -0.25) is 4.79 Å². The van der Waals surface area contributed by atoms with E-state index in [1.165, 1.54) is 16.8 Å². The summed E-state index contributed by atoms with van der Waals surface area (Å²) in [7, 11) is 1.55. The molecule has 7 heteroatoms. The van der Waals surface area contributed by atoms with E-state index in [0.29, 0.717) is 30.1 Å². The smallest absolute Gasteiger partial charge is 0.256 e. The lowest BCUT2D eigenvalue weighted by atomic mass is 10.2. The molecule has 0 unspecified atom stereocenters. The first-order chi connectivity index (χ1) is 10.0. The number of nitrogens with zero attached hydrogens (tertiary/aromatic N) is 2. The Hall–Kier alpha value is -1.92. The maximum Gasteiger partial charge on any atom is 0.256 e. The van der Waals surface area contributed by atoms with Gasteiger partial charge in [-0.2, -0.15) is 5.10 Å². The minimum Gasteiger partial charge on any atom is -0.383 e. The number of amides is 1. The molecule has 2 rings (SSSR count). The van der Waals surface area contributed by atoms with Crippen LogP contribution in [0.15, 0.2) is 24.3 Å². The van der Waals surface area contributed by atoms with Crippen molar-refractivity contribution in [3.8, 4) is 5.69 Å². The SMILES string of the molecule is COCCNC(=O)c1c(C)nn(-c2ccc(F)cc2)c1Cl. The quantitative estimate of drug-likeness (QED) is 0.862. The molecule has 2 aromatic rings. The molecule has 0 atom stereocenters. The van der Waals surface area contributed by atoms with Crippen molar-refractivity contribution in [1.29, 1.82) is 0 Å². The van der Waals surface area contributed by atoms with Gasteiger partial charge in [0.05, 0.1) is 23.6 Å². The van der Waals surface area contributed by atoms with Crippen LogP contribution in [0, 0.1) is 12.7 Å². The molecule has 1 heterocycles. The van der Waals surface area contributed by atoms with Crippen LogP contribution in [-0.2, 0) is 4.74 Å². The van der Waals surface area contributed by atoms with Crippen molar-refractivity contribution in [3.63, 3.8) is 0 Å². The molecular formula is C14H15ClFN3O2. The normalized spacial score (nSPS) is 10.7. The fourth-order valence-corrected chi connectivity index (χ4v) is 2.22. The third-order valence-electron chi connectivity index (χ3n) is 2.89. The number of benzene rings is 1. The van der Waals surface area contributed by atoms with Crippen molar-refractivity contribution in [2.75, 3.05) is 20.3 Å². The fourth-order valence-electron chi connectivity index (χ4n) is 1.87. The summed E-state index contributed by atoms with van der Waals surface area (Å²) in [5.41, 5.74) is 1.39. The zero-order valence-corrected chi connectivity index (χ0v) is 12.4. The third-order valence-corrected chi connectivity index (χ3v) is 3.24. The molecule has 0 spiro atoms. The van der Waals surface area contributed by atoms with Crippen molar-refractivity contribution in [2.24, 2.45) is 0 Å². The number of carbonyl (C=O) groups is 1. The van der Waals surface area contributed by atoms with E-state index < -0.39 is 0 Å². The molecule has 1 amide bonds. The van der Waals surface area contributed by atoms with E-state index in [4.69, 9.17) is 16.3 Å². The highest BCUT2D eigenvalue weighted by Gasteiger charge is 2.20. The van der Waals surface area contributed by atoms with Crippen molar-refractivity contribution in [1.82, 2.24) is 15.1 Å². The fraction of sp³-hybridized carbons (Fsp3) is 0.286. The number of hydrogen-bond donors (Lipinski definition) is 1. The van der Waals surface area contributed by atoms with Crippen molar-refractivity contribution in [3.05, 3.63) is 46.5 Å². The lowest BCUT2D eigenvalue weighted by molar-refractivity contribution is 0.0936. The third kappa shape index (κ3) is 3.40. The average Bonchev–Trinajstić information content (AvgIpc) is 2.75. The number of carbonyl (C=O) groups excluding carboxylic acids is 1. The average molecular weight is 312 g/mol. The van der Waals surface area contributed by atoms with Gasteiger partial charge in [-0.05, 0) is 31.2 Å². The summed E-state index contributed by atoms with van der Waals surface area (Å²) in [6.45, 7) is 2.48. The van der Waals surface area contributed by atoms with Gasteiger partial charge in [-0.25, -0.2) is 9.07 Å². The summed E-state index contributed by atoms with van der Waals surface area (Å²) >= 11 is 6.23. The molecule has 0 saturated carbocycles. The predicted molar refractivity (Wildman–Crippen MR) is 77.5 cm³/mol. The highest BCUT2D eigenvalue weighted by atomic mass is 35.5. The van der Waals surface area contributed by atoms with Crippen molar-refractivity contribution < 1.29 is 13.9 Å². The van der Waals surface area contributed by atoms with Crippen molar-refractivity contribution in [2.45, 2.75) is 6.92 Å². The van der Waals surface area contributed by atoms with Gasteiger partial charge < -0.3 is 10.1 Å². The number of ether oxygens (including phenoxy) is 1. The molecule has 0 aliphatic carbocycles. The Morgan fingerprint density at radius 1 is 1.43 bits per heavy atom. The summed E-state index contributed by atoms with van der Waals surface area (Å²) in [6.07, 6.45) is 0. The minimum atomic E-state index is -0.351. The number of aryl methyl sites for hydroxylation is 1. The Morgan fingerprint density at radius 3 is 2.71 bits per heavy atom. The summed E-state index contributed by atoms with van der Waals surface area (Å²) in [6, 6.07) is 5.70. The Morgan fingerprint density at radius 2 is 2.10 bits per heavy atom. The molecule has 1 aromatic heterocycles. The molecule has 5 nitrogen and oxygen atoms in total. The van der Waals surface area contributed by atoms with E-state index in [0.717, 1.165) is 0 Å². The van der Waals surface area contributed by atoms with E-state index in [9.17, 15) is 9.18 Å². The van der Waals surface area contributed by atoms with Crippen LogP contribution in [0.5, 0.6) is 0 Å². The number of aromatic nitrogens is 2. The van der Waals surface area contributed by atoms with Crippen LogP contribution in [0.2, 0.25) is 5.15 Å². The van der Waals surface area contributed by atoms with Crippen LogP contribution in [-0.4, -0.2) is 35.9 Å². The molecule has 21 heavy (non-hydrogen) atoms. The van der Waals surface area contributed by atoms with Crippen LogP contribution in [0.1, 0.15) is 16.1 Å². The Kier molecular flexibility index (Phi) is 4.93. The maximum atomic E-state index is 13.0. The number of halogens is 2. The lowest BCUT2D eigenvalue weighted by Gasteiger charge is -2.05.